The number of aryl methyl sites for hydroxylation is 1. The van der Waals surface area contributed by atoms with Gasteiger partial charge in [0.15, 0.2) is 5.78 Å². The molecule has 1 aliphatic carbocycles. The second-order valence-corrected chi connectivity index (χ2v) is 11.3. The van der Waals surface area contributed by atoms with E-state index >= 15 is 0 Å². The summed E-state index contributed by atoms with van der Waals surface area (Å²) in [6, 6.07) is 12.9. The van der Waals surface area contributed by atoms with E-state index in [9.17, 15) is 14.4 Å². The summed E-state index contributed by atoms with van der Waals surface area (Å²) in [7, 11) is 0. The van der Waals surface area contributed by atoms with Gasteiger partial charge in [-0.15, -0.1) is 0 Å². The van der Waals surface area contributed by atoms with Gasteiger partial charge >= 0.3 is 0 Å². The molecule has 2 amide bonds. The molecule has 1 saturated carbocycles. The third-order valence-corrected chi connectivity index (χ3v) is 7.87. The molecule has 7 heteroatoms. The molecule has 0 spiro atoms. The fourth-order valence-electron chi connectivity index (χ4n) is 5.68. The van der Waals surface area contributed by atoms with E-state index in [2.05, 4.69) is 58.6 Å². The Kier molecular flexibility index (Phi) is 10.0. The predicted molar refractivity (Wildman–Crippen MR) is 148 cm³/mol. The van der Waals surface area contributed by atoms with E-state index in [1.165, 1.54) is 11.1 Å². The number of fused-ring (bicyclic) bond motifs is 1. The van der Waals surface area contributed by atoms with Crippen molar-refractivity contribution in [1.82, 2.24) is 20.5 Å². The maximum absolute atomic E-state index is 13.6. The summed E-state index contributed by atoms with van der Waals surface area (Å²) >= 11 is 0. The first kappa shape index (κ1) is 28.0. The van der Waals surface area contributed by atoms with Crippen LogP contribution in [0.15, 0.2) is 48.7 Å². The molecule has 2 heterocycles. The number of Topliss-reactive ketones (excluding diaryl/α,β-unsaturated/α-hetero) is 1. The molecule has 2 aromatic rings. The van der Waals surface area contributed by atoms with Crippen molar-refractivity contribution in [2.45, 2.75) is 83.8 Å². The van der Waals surface area contributed by atoms with Gasteiger partial charge in [-0.3, -0.25) is 24.3 Å². The molecule has 1 aliphatic heterocycles. The van der Waals surface area contributed by atoms with Crippen molar-refractivity contribution in [2.24, 2.45) is 11.8 Å². The lowest BCUT2D eigenvalue weighted by atomic mass is 9.83. The molecule has 0 bridgehead atoms. The topological polar surface area (TPSA) is 91.4 Å². The summed E-state index contributed by atoms with van der Waals surface area (Å²) in [6.45, 7) is 6.24. The van der Waals surface area contributed by atoms with Crippen LogP contribution in [0.2, 0.25) is 0 Å². The van der Waals surface area contributed by atoms with Crippen molar-refractivity contribution in [3.8, 4) is 0 Å². The van der Waals surface area contributed by atoms with Gasteiger partial charge in [-0.25, -0.2) is 0 Å². The molecule has 1 aromatic heterocycles. The number of rotatable bonds is 10. The highest BCUT2D eigenvalue weighted by molar-refractivity contribution is 5.94. The van der Waals surface area contributed by atoms with Crippen LogP contribution in [0.5, 0.6) is 0 Å². The number of hydrogen-bond donors (Lipinski definition) is 2. The molecule has 2 N–H and O–H groups in total. The Morgan fingerprint density at radius 3 is 2.50 bits per heavy atom. The Labute approximate surface area is 226 Å². The molecule has 7 nitrogen and oxygen atoms in total. The quantitative estimate of drug-likeness (QED) is 0.489. The zero-order chi connectivity index (χ0) is 26.9. The number of ketones is 1. The zero-order valence-corrected chi connectivity index (χ0v) is 22.8. The zero-order valence-electron chi connectivity index (χ0n) is 22.8. The highest BCUT2D eigenvalue weighted by Gasteiger charge is 2.34. The van der Waals surface area contributed by atoms with Gasteiger partial charge in [0.2, 0.25) is 5.91 Å². The van der Waals surface area contributed by atoms with Crippen LogP contribution < -0.4 is 10.6 Å². The van der Waals surface area contributed by atoms with Gasteiger partial charge in [0.1, 0.15) is 5.69 Å². The molecule has 0 radical (unpaired) electrons. The van der Waals surface area contributed by atoms with Crippen molar-refractivity contribution >= 4 is 17.6 Å². The van der Waals surface area contributed by atoms with E-state index < -0.39 is 6.04 Å². The Morgan fingerprint density at radius 1 is 0.974 bits per heavy atom. The second-order valence-electron chi connectivity index (χ2n) is 11.3. The Balaban J connectivity index is 1.41. The van der Waals surface area contributed by atoms with Gasteiger partial charge in [-0.1, -0.05) is 57.0 Å². The Morgan fingerprint density at radius 2 is 1.74 bits per heavy atom. The molecule has 38 heavy (non-hydrogen) atoms. The number of aromatic nitrogens is 1. The number of benzene rings is 1. The van der Waals surface area contributed by atoms with Crippen LogP contribution in [-0.2, 0) is 22.6 Å². The van der Waals surface area contributed by atoms with Crippen molar-refractivity contribution in [3.05, 3.63) is 65.5 Å². The molecule has 0 unspecified atom stereocenters. The van der Waals surface area contributed by atoms with Crippen LogP contribution in [0, 0.1) is 11.8 Å². The van der Waals surface area contributed by atoms with Crippen molar-refractivity contribution in [2.75, 3.05) is 13.1 Å². The molecule has 3 atom stereocenters. The lowest BCUT2D eigenvalue weighted by Crippen LogP contribution is -2.53. The molecular weight excluding hydrogens is 476 g/mol. The summed E-state index contributed by atoms with van der Waals surface area (Å²) in [4.78, 5) is 46.3. The number of hydrogen-bond acceptors (Lipinski definition) is 5. The standard InChI is InChI=1S/C31H42N4O3/c1-22(2)16-17-27(29(36)21-35-19-9-12-23-10-3-4-11-24(23)20-35)34-30(37)25-13-5-6-14-26(25)33-31(38)28-15-7-8-18-32-28/h3-4,7-8,10-11,15,18,22,25-27H,5-6,9,12-14,16-17,19-21H2,1-2H3,(H,33,38)(H,34,37)/t25-,26+,27+/m1/s1. The lowest BCUT2D eigenvalue weighted by molar-refractivity contribution is -0.132. The minimum Gasteiger partial charge on any atom is -0.347 e. The molecule has 1 fully saturated rings. The first-order valence-corrected chi connectivity index (χ1v) is 14.2. The lowest BCUT2D eigenvalue weighted by Gasteiger charge is -2.32. The van der Waals surface area contributed by atoms with Crippen LogP contribution in [0.1, 0.15) is 80.4 Å². The van der Waals surface area contributed by atoms with Gasteiger partial charge in [0.25, 0.3) is 5.91 Å². The summed E-state index contributed by atoms with van der Waals surface area (Å²) in [5.41, 5.74) is 3.00. The highest BCUT2D eigenvalue weighted by Crippen LogP contribution is 2.26. The second kappa shape index (κ2) is 13.7. The third-order valence-electron chi connectivity index (χ3n) is 7.87. The summed E-state index contributed by atoms with van der Waals surface area (Å²) in [6.07, 6.45) is 8.48. The third kappa shape index (κ3) is 7.73. The SMILES string of the molecule is CC(C)CC[C@H](NC(=O)[C@@H]1CCCC[C@@H]1NC(=O)c1ccccn1)C(=O)CN1CCCc2ccccc2C1. The van der Waals surface area contributed by atoms with E-state index in [0.717, 1.165) is 51.6 Å². The smallest absolute Gasteiger partial charge is 0.270 e. The first-order chi connectivity index (χ1) is 18.4. The van der Waals surface area contributed by atoms with E-state index in [1.54, 1.807) is 24.4 Å². The van der Waals surface area contributed by atoms with Gasteiger partial charge < -0.3 is 10.6 Å². The molecule has 1 aromatic carbocycles. The maximum Gasteiger partial charge on any atom is 0.270 e. The average molecular weight is 519 g/mol. The normalized spacial score (nSPS) is 20.7. The highest BCUT2D eigenvalue weighted by atomic mass is 16.2. The van der Waals surface area contributed by atoms with E-state index in [0.29, 0.717) is 31.0 Å². The Bertz CT molecular complexity index is 1090. The number of carbonyl (C=O) groups excluding carboxylic acids is 3. The monoisotopic (exact) mass is 518 g/mol. The molecular formula is C31H42N4O3. The number of nitrogens with one attached hydrogen (secondary N) is 2. The molecule has 0 saturated heterocycles. The fraction of sp³-hybridized carbons (Fsp3) is 0.548. The summed E-state index contributed by atoms with van der Waals surface area (Å²) in [5, 5.41) is 6.17. The molecule has 204 valence electrons. The van der Waals surface area contributed by atoms with Crippen LogP contribution in [-0.4, -0.2) is 52.7 Å². The minimum atomic E-state index is -0.516. The van der Waals surface area contributed by atoms with Crippen LogP contribution >= 0.6 is 0 Å². The minimum absolute atomic E-state index is 0.0725. The van der Waals surface area contributed by atoms with Gasteiger partial charge in [0.05, 0.1) is 18.5 Å². The fourth-order valence-corrected chi connectivity index (χ4v) is 5.68. The predicted octanol–water partition coefficient (Wildman–Crippen LogP) is 4.31. The summed E-state index contributed by atoms with van der Waals surface area (Å²) < 4.78 is 0. The number of amides is 2. The Hall–Kier alpha value is -3.06. The van der Waals surface area contributed by atoms with Gasteiger partial charge in [-0.2, -0.15) is 0 Å². The van der Waals surface area contributed by atoms with Crippen molar-refractivity contribution in [1.29, 1.82) is 0 Å². The first-order valence-electron chi connectivity index (χ1n) is 14.2. The number of carbonyl (C=O) groups is 3. The maximum atomic E-state index is 13.6. The number of pyridine rings is 1. The van der Waals surface area contributed by atoms with Crippen molar-refractivity contribution < 1.29 is 14.4 Å². The van der Waals surface area contributed by atoms with E-state index in [-0.39, 0.29) is 29.6 Å². The van der Waals surface area contributed by atoms with Crippen LogP contribution in [0.4, 0.5) is 0 Å². The van der Waals surface area contributed by atoms with E-state index in [1.807, 2.05) is 0 Å². The van der Waals surface area contributed by atoms with Gasteiger partial charge in [0, 0.05) is 18.8 Å². The average Bonchev–Trinajstić information content (AvgIpc) is 3.13. The summed E-state index contributed by atoms with van der Waals surface area (Å²) in [5.74, 6) is -0.227. The van der Waals surface area contributed by atoms with Crippen LogP contribution in [0.25, 0.3) is 0 Å². The van der Waals surface area contributed by atoms with Crippen molar-refractivity contribution in [3.63, 3.8) is 0 Å². The number of nitrogens with zero attached hydrogens (tertiary/aromatic N) is 2. The molecule has 2 aliphatic rings. The van der Waals surface area contributed by atoms with E-state index in [4.69, 9.17) is 0 Å². The van der Waals surface area contributed by atoms with Gasteiger partial charge in [-0.05, 0) is 74.2 Å². The largest absolute Gasteiger partial charge is 0.347 e. The molecule has 4 rings (SSSR count). The van der Waals surface area contributed by atoms with Crippen LogP contribution in [0.3, 0.4) is 0 Å².